The van der Waals surface area contributed by atoms with Gasteiger partial charge in [-0.2, -0.15) is 0 Å². The van der Waals surface area contributed by atoms with Crippen LogP contribution in [0.2, 0.25) is 0 Å². The average molecular weight is 210 g/mol. The minimum Gasteiger partial charge on any atom is -0.299 e. The third-order valence-electron chi connectivity index (χ3n) is 3.87. The fraction of sp³-hybridized carbons (Fsp3) is 0.929. The van der Waals surface area contributed by atoms with E-state index in [-0.39, 0.29) is 5.41 Å². The number of hydrogen-bond acceptors (Lipinski definition) is 1. The van der Waals surface area contributed by atoms with Gasteiger partial charge in [-0.3, -0.25) is 4.79 Å². The minimum atomic E-state index is -0.143. The molecule has 0 spiro atoms. The fourth-order valence-corrected chi connectivity index (χ4v) is 2.63. The van der Waals surface area contributed by atoms with Crippen molar-refractivity contribution in [1.29, 1.82) is 0 Å². The molecule has 88 valence electrons. The topological polar surface area (TPSA) is 17.1 Å². The van der Waals surface area contributed by atoms with E-state index in [1.54, 1.807) is 0 Å². The van der Waals surface area contributed by atoms with Crippen molar-refractivity contribution in [2.75, 3.05) is 0 Å². The first-order valence-electron chi connectivity index (χ1n) is 6.48. The molecule has 0 saturated heterocycles. The molecule has 1 saturated carbocycles. The summed E-state index contributed by atoms with van der Waals surface area (Å²) in [6.45, 7) is 8.39. The van der Waals surface area contributed by atoms with Gasteiger partial charge in [-0.15, -0.1) is 0 Å². The summed E-state index contributed by atoms with van der Waals surface area (Å²) in [5, 5.41) is 0. The summed E-state index contributed by atoms with van der Waals surface area (Å²) >= 11 is 0. The SMILES string of the molecule is CCC1CCCCC1CC(=O)C(C)(C)C. The highest BCUT2D eigenvalue weighted by Gasteiger charge is 2.29. The van der Waals surface area contributed by atoms with Gasteiger partial charge in [0, 0.05) is 11.8 Å². The number of ketones is 1. The number of carbonyl (C=O) groups is 1. The predicted octanol–water partition coefficient (Wildman–Crippen LogP) is 4.21. The van der Waals surface area contributed by atoms with Crippen molar-refractivity contribution in [3.63, 3.8) is 0 Å². The van der Waals surface area contributed by atoms with E-state index in [9.17, 15) is 4.79 Å². The van der Waals surface area contributed by atoms with Crippen LogP contribution >= 0.6 is 0 Å². The molecule has 2 atom stereocenters. The molecule has 1 heteroatoms. The summed E-state index contributed by atoms with van der Waals surface area (Å²) < 4.78 is 0. The van der Waals surface area contributed by atoms with Crippen LogP contribution < -0.4 is 0 Å². The number of carbonyl (C=O) groups excluding carboxylic acids is 1. The van der Waals surface area contributed by atoms with Crippen molar-refractivity contribution in [3.8, 4) is 0 Å². The van der Waals surface area contributed by atoms with Crippen molar-refractivity contribution in [1.82, 2.24) is 0 Å². The van der Waals surface area contributed by atoms with Crippen LogP contribution in [0.1, 0.15) is 66.2 Å². The summed E-state index contributed by atoms with van der Waals surface area (Å²) in [4.78, 5) is 12.0. The minimum absolute atomic E-state index is 0.143. The van der Waals surface area contributed by atoms with Crippen LogP contribution in [0.15, 0.2) is 0 Å². The highest BCUT2D eigenvalue weighted by atomic mass is 16.1. The maximum Gasteiger partial charge on any atom is 0.138 e. The lowest BCUT2D eigenvalue weighted by Crippen LogP contribution is -2.27. The Morgan fingerprint density at radius 1 is 1.13 bits per heavy atom. The molecular weight excluding hydrogens is 184 g/mol. The van der Waals surface area contributed by atoms with Gasteiger partial charge in [0.15, 0.2) is 0 Å². The van der Waals surface area contributed by atoms with Gasteiger partial charge in [-0.25, -0.2) is 0 Å². The lowest BCUT2D eigenvalue weighted by molar-refractivity contribution is -0.128. The standard InChI is InChI=1S/C14H26O/c1-5-11-8-6-7-9-12(11)10-13(15)14(2,3)4/h11-12H,5-10H2,1-4H3. The molecule has 0 aromatic heterocycles. The summed E-state index contributed by atoms with van der Waals surface area (Å²) in [6, 6.07) is 0. The summed E-state index contributed by atoms with van der Waals surface area (Å²) in [5.74, 6) is 1.94. The second-order valence-corrected chi connectivity index (χ2v) is 6.09. The van der Waals surface area contributed by atoms with Gasteiger partial charge >= 0.3 is 0 Å². The second-order valence-electron chi connectivity index (χ2n) is 6.09. The molecule has 0 radical (unpaired) electrons. The van der Waals surface area contributed by atoms with Crippen molar-refractivity contribution in [2.24, 2.45) is 17.3 Å². The van der Waals surface area contributed by atoms with Crippen LogP contribution in [0.3, 0.4) is 0 Å². The normalized spacial score (nSPS) is 27.7. The number of hydrogen-bond donors (Lipinski definition) is 0. The summed E-state index contributed by atoms with van der Waals surface area (Å²) in [7, 11) is 0. The molecule has 0 aromatic carbocycles. The molecule has 0 bridgehead atoms. The van der Waals surface area contributed by atoms with Gasteiger partial charge in [0.1, 0.15) is 5.78 Å². The maximum absolute atomic E-state index is 12.0. The zero-order chi connectivity index (χ0) is 11.5. The Kier molecular flexibility index (Phi) is 4.36. The van der Waals surface area contributed by atoms with E-state index in [2.05, 4.69) is 6.92 Å². The van der Waals surface area contributed by atoms with Crippen LogP contribution in [0.4, 0.5) is 0 Å². The number of Topliss-reactive ketones (excluding diaryl/α,β-unsaturated/α-hetero) is 1. The molecule has 0 aromatic rings. The first-order chi connectivity index (χ1) is 6.95. The highest BCUT2D eigenvalue weighted by molar-refractivity contribution is 5.83. The quantitative estimate of drug-likeness (QED) is 0.682. The fourth-order valence-electron chi connectivity index (χ4n) is 2.63. The summed E-state index contributed by atoms with van der Waals surface area (Å²) in [6.07, 6.45) is 7.40. The Balaban J connectivity index is 2.52. The lowest BCUT2D eigenvalue weighted by Gasteiger charge is -2.32. The van der Waals surface area contributed by atoms with Gasteiger partial charge < -0.3 is 0 Å². The third-order valence-corrected chi connectivity index (χ3v) is 3.87. The van der Waals surface area contributed by atoms with Crippen molar-refractivity contribution < 1.29 is 4.79 Å². The Morgan fingerprint density at radius 2 is 1.67 bits per heavy atom. The van der Waals surface area contributed by atoms with E-state index in [1.165, 1.54) is 32.1 Å². The van der Waals surface area contributed by atoms with Crippen molar-refractivity contribution in [2.45, 2.75) is 66.2 Å². The van der Waals surface area contributed by atoms with Crippen LogP contribution in [0.5, 0.6) is 0 Å². The van der Waals surface area contributed by atoms with Crippen LogP contribution in [0, 0.1) is 17.3 Å². The highest BCUT2D eigenvalue weighted by Crippen LogP contribution is 2.36. The summed E-state index contributed by atoms with van der Waals surface area (Å²) in [5.41, 5.74) is -0.143. The van der Waals surface area contributed by atoms with Crippen molar-refractivity contribution >= 4 is 5.78 Å². The van der Waals surface area contributed by atoms with E-state index < -0.39 is 0 Å². The first-order valence-corrected chi connectivity index (χ1v) is 6.48. The largest absolute Gasteiger partial charge is 0.299 e. The molecular formula is C14H26O. The average Bonchev–Trinajstić information content (AvgIpc) is 2.17. The van der Waals surface area contributed by atoms with Crippen LogP contribution in [-0.2, 0) is 4.79 Å². The first kappa shape index (κ1) is 12.7. The van der Waals surface area contributed by atoms with E-state index in [1.807, 2.05) is 20.8 Å². The van der Waals surface area contributed by atoms with E-state index in [0.717, 1.165) is 12.3 Å². The van der Waals surface area contributed by atoms with E-state index in [0.29, 0.717) is 11.7 Å². The molecule has 1 nitrogen and oxygen atoms in total. The molecule has 2 unspecified atom stereocenters. The Morgan fingerprint density at radius 3 is 2.13 bits per heavy atom. The smallest absolute Gasteiger partial charge is 0.138 e. The van der Waals surface area contributed by atoms with Crippen molar-refractivity contribution in [3.05, 3.63) is 0 Å². The van der Waals surface area contributed by atoms with E-state index >= 15 is 0 Å². The Labute approximate surface area is 94.6 Å². The van der Waals surface area contributed by atoms with Gasteiger partial charge in [-0.05, 0) is 18.3 Å². The van der Waals surface area contributed by atoms with Gasteiger partial charge in [0.25, 0.3) is 0 Å². The molecule has 15 heavy (non-hydrogen) atoms. The molecule has 1 fully saturated rings. The molecule has 1 aliphatic carbocycles. The van der Waals surface area contributed by atoms with Crippen LogP contribution in [-0.4, -0.2) is 5.78 Å². The zero-order valence-corrected chi connectivity index (χ0v) is 10.8. The molecule has 0 amide bonds. The molecule has 1 aliphatic rings. The van der Waals surface area contributed by atoms with Crippen LogP contribution in [0.25, 0.3) is 0 Å². The molecule has 0 N–H and O–H groups in total. The maximum atomic E-state index is 12.0. The molecule has 0 heterocycles. The third kappa shape index (κ3) is 3.62. The van der Waals surface area contributed by atoms with Gasteiger partial charge in [0.05, 0.1) is 0 Å². The Bertz CT molecular complexity index is 212. The number of rotatable bonds is 3. The second kappa shape index (κ2) is 5.14. The van der Waals surface area contributed by atoms with E-state index in [4.69, 9.17) is 0 Å². The lowest BCUT2D eigenvalue weighted by atomic mass is 9.73. The molecule has 0 aliphatic heterocycles. The Hall–Kier alpha value is -0.330. The van der Waals surface area contributed by atoms with Gasteiger partial charge in [0.2, 0.25) is 0 Å². The molecule has 1 rings (SSSR count). The predicted molar refractivity (Wildman–Crippen MR) is 64.8 cm³/mol. The zero-order valence-electron chi connectivity index (χ0n) is 10.8. The van der Waals surface area contributed by atoms with Gasteiger partial charge in [-0.1, -0.05) is 53.4 Å². The monoisotopic (exact) mass is 210 g/mol.